The van der Waals surface area contributed by atoms with Gasteiger partial charge >= 0.3 is 0 Å². The Morgan fingerprint density at radius 1 is 1.09 bits per heavy atom. The van der Waals surface area contributed by atoms with Crippen molar-refractivity contribution in [3.8, 4) is 0 Å². The van der Waals surface area contributed by atoms with Gasteiger partial charge in [0.05, 0.1) is 0 Å². The summed E-state index contributed by atoms with van der Waals surface area (Å²) in [6.45, 7) is 0.734. The maximum Gasteiger partial charge on any atom is 0.0419 e. The highest BCUT2D eigenvalue weighted by molar-refractivity contribution is 5.91. The third kappa shape index (κ3) is 1.17. The van der Waals surface area contributed by atoms with E-state index in [9.17, 15) is 5.11 Å². The highest BCUT2D eigenvalue weighted by Crippen LogP contribution is 2.28. The van der Waals surface area contributed by atoms with E-state index in [0.717, 1.165) is 31.4 Å². The molecule has 0 atom stereocenters. The fourth-order valence-electron chi connectivity index (χ4n) is 1.89. The molecule has 0 radical (unpaired) electrons. The predicted octanol–water partition coefficient (Wildman–Crippen LogP) is 1.02. The standard InChI is InChI=1S/C9H13NO/c11-9-8-4-2-1-3-7(8)5-6-10-9/h1-6H2,(H,10,11)/p-1. The molecule has 0 saturated carbocycles. The van der Waals surface area contributed by atoms with Crippen molar-refractivity contribution in [3.63, 3.8) is 0 Å². The number of aliphatic imine (C=N–C) groups is 1. The van der Waals surface area contributed by atoms with Crippen LogP contribution in [0.3, 0.4) is 0 Å². The lowest BCUT2D eigenvalue weighted by Gasteiger charge is -2.27. The van der Waals surface area contributed by atoms with Crippen molar-refractivity contribution in [2.45, 2.75) is 32.1 Å². The van der Waals surface area contributed by atoms with Crippen molar-refractivity contribution in [2.24, 2.45) is 4.99 Å². The monoisotopic (exact) mass is 150 g/mol. The second-order valence-electron chi connectivity index (χ2n) is 3.23. The number of dihydropyridines is 1. The third-order valence-electron chi connectivity index (χ3n) is 2.51. The van der Waals surface area contributed by atoms with Crippen LogP contribution < -0.4 is 5.11 Å². The van der Waals surface area contributed by atoms with Crippen molar-refractivity contribution in [2.75, 3.05) is 6.54 Å². The zero-order valence-electron chi connectivity index (χ0n) is 6.60. The van der Waals surface area contributed by atoms with Gasteiger partial charge in [0, 0.05) is 6.54 Å². The van der Waals surface area contributed by atoms with Crippen molar-refractivity contribution in [1.29, 1.82) is 0 Å². The molecular weight excluding hydrogens is 138 g/mol. The van der Waals surface area contributed by atoms with Gasteiger partial charge in [0.25, 0.3) is 0 Å². The Morgan fingerprint density at radius 3 is 2.73 bits per heavy atom. The second kappa shape index (κ2) is 2.68. The molecule has 2 rings (SSSR count). The second-order valence-corrected chi connectivity index (χ2v) is 3.23. The Morgan fingerprint density at radius 2 is 1.91 bits per heavy atom. The molecule has 0 aromatic carbocycles. The van der Waals surface area contributed by atoms with Crippen LogP contribution in [0.4, 0.5) is 0 Å². The number of hydrogen-bond acceptors (Lipinski definition) is 2. The van der Waals surface area contributed by atoms with Crippen LogP contribution in [-0.2, 0) is 0 Å². The first-order chi connectivity index (χ1) is 5.38. The first-order valence-electron chi connectivity index (χ1n) is 4.30. The minimum absolute atomic E-state index is 0.0750. The lowest BCUT2D eigenvalue weighted by molar-refractivity contribution is -0.214. The Hall–Kier alpha value is -0.790. The van der Waals surface area contributed by atoms with Gasteiger partial charge in [-0.15, -0.1) is 0 Å². The molecule has 0 aromatic rings. The van der Waals surface area contributed by atoms with Crippen molar-refractivity contribution in [1.82, 2.24) is 0 Å². The summed E-state index contributed by atoms with van der Waals surface area (Å²) in [6.07, 6.45) is 5.63. The molecule has 0 unspecified atom stereocenters. The van der Waals surface area contributed by atoms with E-state index in [2.05, 4.69) is 4.99 Å². The van der Waals surface area contributed by atoms with Gasteiger partial charge in [-0.1, -0.05) is 5.57 Å². The first kappa shape index (κ1) is 6.89. The van der Waals surface area contributed by atoms with E-state index >= 15 is 0 Å². The molecule has 1 aliphatic heterocycles. The average Bonchev–Trinajstić information content (AvgIpc) is 2.06. The molecule has 0 amide bonds. The minimum Gasteiger partial charge on any atom is -0.859 e. The molecule has 2 heteroatoms. The SMILES string of the molecule is [O-]C1=NCCC2=C1CCCC2. The van der Waals surface area contributed by atoms with E-state index in [1.165, 1.54) is 18.4 Å². The van der Waals surface area contributed by atoms with E-state index < -0.39 is 0 Å². The molecule has 1 heterocycles. The van der Waals surface area contributed by atoms with Gasteiger partial charge in [0.2, 0.25) is 0 Å². The van der Waals surface area contributed by atoms with Crippen LogP contribution in [0.15, 0.2) is 16.1 Å². The highest BCUT2D eigenvalue weighted by Gasteiger charge is 2.14. The van der Waals surface area contributed by atoms with E-state index in [-0.39, 0.29) is 5.90 Å². The fourth-order valence-corrected chi connectivity index (χ4v) is 1.89. The summed E-state index contributed by atoms with van der Waals surface area (Å²) in [4.78, 5) is 3.92. The zero-order chi connectivity index (χ0) is 7.68. The summed E-state index contributed by atoms with van der Waals surface area (Å²) in [5, 5.41) is 11.2. The van der Waals surface area contributed by atoms with Gasteiger partial charge in [0.15, 0.2) is 0 Å². The van der Waals surface area contributed by atoms with Crippen molar-refractivity contribution >= 4 is 5.90 Å². The van der Waals surface area contributed by atoms with E-state index in [4.69, 9.17) is 0 Å². The quantitative estimate of drug-likeness (QED) is 0.507. The first-order valence-corrected chi connectivity index (χ1v) is 4.30. The van der Waals surface area contributed by atoms with Gasteiger partial charge in [0.1, 0.15) is 0 Å². The summed E-state index contributed by atoms with van der Waals surface area (Å²) in [5.74, 6) is 0.0750. The van der Waals surface area contributed by atoms with E-state index in [0.29, 0.717) is 0 Å². The maximum absolute atomic E-state index is 11.2. The Labute approximate surface area is 66.6 Å². The average molecular weight is 150 g/mol. The normalized spacial score (nSPS) is 24.5. The molecule has 0 aromatic heterocycles. The third-order valence-corrected chi connectivity index (χ3v) is 2.51. The Kier molecular flexibility index (Phi) is 1.68. The molecule has 1 aliphatic carbocycles. The highest BCUT2D eigenvalue weighted by atomic mass is 16.3. The van der Waals surface area contributed by atoms with Gasteiger partial charge in [-0.2, -0.15) is 0 Å². The Balaban J connectivity index is 2.29. The number of hydrogen-bond donors (Lipinski definition) is 0. The van der Waals surface area contributed by atoms with Crippen LogP contribution >= 0.6 is 0 Å². The Bertz CT molecular complexity index is 228. The summed E-state index contributed by atoms with van der Waals surface area (Å²) >= 11 is 0. The summed E-state index contributed by atoms with van der Waals surface area (Å²) in [5.41, 5.74) is 2.44. The molecule has 0 bridgehead atoms. The summed E-state index contributed by atoms with van der Waals surface area (Å²) in [6, 6.07) is 0. The molecular formula is C9H12NO-. The van der Waals surface area contributed by atoms with E-state index in [1.54, 1.807) is 0 Å². The van der Waals surface area contributed by atoms with Crippen LogP contribution in [0.25, 0.3) is 0 Å². The lowest BCUT2D eigenvalue weighted by atomic mass is 9.88. The van der Waals surface area contributed by atoms with Crippen LogP contribution in [0, 0.1) is 0 Å². The van der Waals surface area contributed by atoms with E-state index in [1.807, 2.05) is 0 Å². The topological polar surface area (TPSA) is 35.4 Å². The molecule has 0 spiro atoms. The minimum atomic E-state index is 0.0750. The molecule has 60 valence electrons. The predicted molar refractivity (Wildman–Crippen MR) is 42.4 cm³/mol. The molecule has 11 heavy (non-hydrogen) atoms. The van der Waals surface area contributed by atoms with Crippen molar-refractivity contribution in [3.05, 3.63) is 11.1 Å². The largest absolute Gasteiger partial charge is 0.859 e. The van der Waals surface area contributed by atoms with Gasteiger partial charge in [-0.05, 0) is 43.6 Å². The molecule has 2 aliphatic rings. The van der Waals surface area contributed by atoms with Gasteiger partial charge in [-0.3, -0.25) is 0 Å². The summed E-state index contributed by atoms with van der Waals surface area (Å²) in [7, 11) is 0. The zero-order valence-corrected chi connectivity index (χ0v) is 6.60. The van der Waals surface area contributed by atoms with Crippen LogP contribution in [-0.4, -0.2) is 12.4 Å². The molecule has 0 saturated heterocycles. The van der Waals surface area contributed by atoms with Gasteiger partial charge < -0.3 is 10.1 Å². The molecule has 0 N–H and O–H groups in total. The van der Waals surface area contributed by atoms with Gasteiger partial charge in [-0.25, -0.2) is 0 Å². The maximum atomic E-state index is 11.2. The number of rotatable bonds is 0. The lowest BCUT2D eigenvalue weighted by Crippen LogP contribution is -2.26. The van der Waals surface area contributed by atoms with Crippen LogP contribution in [0.2, 0.25) is 0 Å². The van der Waals surface area contributed by atoms with Crippen molar-refractivity contribution < 1.29 is 5.11 Å². The number of nitrogens with zero attached hydrogens (tertiary/aromatic N) is 1. The van der Waals surface area contributed by atoms with Crippen LogP contribution in [0.5, 0.6) is 0 Å². The van der Waals surface area contributed by atoms with Crippen LogP contribution in [0.1, 0.15) is 32.1 Å². The molecule has 0 fully saturated rings. The molecule has 2 nitrogen and oxygen atoms in total. The fraction of sp³-hybridized carbons (Fsp3) is 0.667. The summed E-state index contributed by atoms with van der Waals surface area (Å²) < 4.78 is 0. The smallest absolute Gasteiger partial charge is 0.0419 e.